The zero-order valence-electron chi connectivity index (χ0n) is 19.9. The van der Waals surface area contributed by atoms with Crippen molar-refractivity contribution in [2.24, 2.45) is 5.92 Å². The number of nitrogens with one attached hydrogen (secondary N) is 1. The fourth-order valence-electron chi connectivity index (χ4n) is 4.43. The highest BCUT2D eigenvalue weighted by Gasteiger charge is 2.35. The van der Waals surface area contributed by atoms with E-state index in [1.807, 2.05) is 30.9 Å². The van der Waals surface area contributed by atoms with Crippen molar-refractivity contribution in [3.63, 3.8) is 0 Å². The fourth-order valence-corrected chi connectivity index (χ4v) is 5.36. The van der Waals surface area contributed by atoms with Crippen LogP contribution < -0.4 is 10.1 Å². The molecule has 33 heavy (non-hydrogen) atoms. The van der Waals surface area contributed by atoms with Crippen molar-refractivity contribution in [2.75, 3.05) is 32.8 Å². The lowest BCUT2D eigenvalue weighted by Crippen LogP contribution is -2.50. The van der Waals surface area contributed by atoms with Crippen LogP contribution in [0.15, 0.2) is 29.6 Å². The lowest BCUT2D eigenvalue weighted by atomic mass is 10.00. The van der Waals surface area contributed by atoms with Crippen LogP contribution in [0.25, 0.3) is 0 Å². The molecule has 0 unspecified atom stereocenters. The average Bonchev–Trinajstić information content (AvgIpc) is 3.48. The standard InChI is InChI=1S/C26H35N3O3S/c1-4-11-27-26(31)28(15-20-6-7-20)16-25(30)29-12-9-24-21(10-13-33-24)22(29)17-32-23-8-5-18(2)14-19(23)3/h5,8,10,13-14,20,22H,4,6-7,9,11-12,15-17H2,1-3H3,(H,27,31)/t22-/m1/s1. The molecule has 1 atom stereocenters. The molecule has 0 spiro atoms. The zero-order chi connectivity index (χ0) is 23.4. The van der Waals surface area contributed by atoms with Gasteiger partial charge in [-0.3, -0.25) is 4.79 Å². The van der Waals surface area contributed by atoms with Gasteiger partial charge in [0.2, 0.25) is 5.91 Å². The number of aryl methyl sites for hydroxylation is 2. The number of carbonyl (C=O) groups is 2. The first-order valence-electron chi connectivity index (χ1n) is 12.0. The number of nitrogens with zero attached hydrogens (tertiary/aromatic N) is 2. The number of urea groups is 1. The number of fused-ring (bicyclic) bond motifs is 1. The Morgan fingerprint density at radius 1 is 1.24 bits per heavy atom. The Hall–Kier alpha value is -2.54. The molecule has 4 rings (SSSR count). The van der Waals surface area contributed by atoms with E-state index in [2.05, 4.69) is 29.8 Å². The van der Waals surface area contributed by atoms with Crippen LogP contribution >= 0.6 is 11.3 Å². The molecule has 1 aromatic carbocycles. The third-order valence-electron chi connectivity index (χ3n) is 6.46. The molecular weight excluding hydrogens is 434 g/mol. The summed E-state index contributed by atoms with van der Waals surface area (Å²) < 4.78 is 6.24. The molecule has 1 fully saturated rings. The number of rotatable bonds is 9. The molecule has 3 amide bonds. The molecule has 2 heterocycles. The minimum Gasteiger partial charge on any atom is -0.491 e. The number of hydrogen-bond acceptors (Lipinski definition) is 4. The Morgan fingerprint density at radius 3 is 2.79 bits per heavy atom. The molecule has 2 aromatic rings. The third kappa shape index (κ3) is 5.88. The summed E-state index contributed by atoms with van der Waals surface area (Å²) in [5.41, 5.74) is 3.47. The van der Waals surface area contributed by atoms with Gasteiger partial charge in [-0.2, -0.15) is 0 Å². The minimum absolute atomic E-state index is 0.00613. The summed E-state index contributed by atoms with van der Waals surface area (Å²) in [7, 11) is 0. The second-order valence-electron chi connectivity index (χ2n) is 9.29. The number of hydrogen-bond donors (Lipinski definition) is 1. The summed E-state index contributed by atoms with van der Waals surface area (Å²) in [6, 6.07) is 8.00. The summed E-state index contributed by atoms with van der Waals surface area (Å²) in [6.45, 7) is 8.61. The van der Waals surface area contributed by atoms with Crippen LogP contribution in [0.3, 0.4) is 0 Å². The summed E-state index contributed by atoms with van der Waals surface area (Å²) >= 11 is 1.75. The lowest BCUT2D eigenvalue weighted by Gasteiger charge is -2.37. The minimum atomic E-state index is -0.144. The van der Waals surface area contributed by atoms with Gasteiger partial charge < -0.3 is 19.9 Å². The maximum Gasteiger partial charge on any atom is 0.317 e. The molecule has 1 aliphatic carbocycles. The molecule has 0 bridgehead atoms. The van der Waals surface area contributed by atoms with E-state index in [0.29, 0.717) is 32.2 Å². The lowest BCUT2D eigenvalue weighted by molar-refractivity contribution is -0.135. The first kappa shape index (κ1) is 23.6. The van der Waals surface area contributed by atoms with E-state index in [0.717, 1.165) is 37.0 Å². The molecule has 178 valence electrons. The van der Waals surface area contributed by atoms with E-state index in [9.17, 15) is 9.59 Å². The largest absolute Gasteiger partial charge is 0.491 e. The third-order valence-corrected chi connectivity index (χ3v) is 7.45. The van der Waals surface area contributed by atoms with Gasteiger partial charge >= 0.3 is 6.03 Å². The van der Waals surface area contributed by atoms with Gasteiger partial charge in [0.1, 0.15) is 18.9 Å². The topological polar surface area (TPSA) is 61.9 Å². The van der Waals surface area contributed by atoms with Crippen molar-refractivity contribution >= 4 is 23.3 Å². The highest BCUT2D eigenvalue weighted by molar-refractivity contribution is 7.10. The summed E-state index contributed by atoms with van der Waals surface area (Å²) in [6.07, 6.45) is 4.01. The van der Waals surface area contributed by atoms with E-state index >= 15 is 0 Å². The van der Waals surface area contributed by atoms with Crippen LogP contribution in [0.1, 0.15) is 53.8 Å². The first-order valence-corrected chi connectivity index (χ1v) is 12.9. The number of ether oxygens (including phenoxy) is 1. The number of carbonyl (C=O) groups excluding carboxylic acids is 2. The molecule has 7 heteroatoms. The Balaban J connectivity index is 1.48. The Bertz CT molecular complexity index is 985. The number of benzene rings is 1. The van der Waals surface area contributed by atoms with Gasteiger partial charge in [0.05, 0.1) is 6.04 Å². The normalized spacial score (nSPS) is 17.4. The monoisotopic (exact) mass is 469 g/mol. The summed E-state index contributed by atoms with van der Waals surface area (Å²) in [5.74, 6) is 1.37. The molecule has 0 radical (unpaired) electrons. The van der Waals surface area contributed by atoms with Crippen molar-refractivity contribution in [1.82, 2.24) is 15.1 Å². The van der Waals surface area contributed by atoms with Crippen molar-refractivity contribution in [3.8, 4) is 5.75 Å². The molecule has 1 aromatic heterocycles. The van der Waals surface area contributed by atoms with Crippen LogP contribution in [-0.4, -0.2) is 54.5 Å². The van der Waals surface area contributed by atoms with Crippen LogP contribution in [0.2, 0.25) is 0 Å². The first-order chi connectivity index (χ1) is 16.0. The Kier molecular flexibility index (Phi) is 7.58. The number of thiophene rings is 1. The maximum absolute atomic E-state index is 13.5. The molecule has 6 nitrogen and oxygen atoms in total. The van der Waals surface area contributed by atoms with E-state index in [1.54, 1.807) is 16.2 Å². The van der Waals surface area contributed by atoms with E-state index in [-0.39, 0.29) is 24.5 Å². The SMILES string of the molecule is CCCNC(=O)N(CC(=O)N1CCc2sccc2[C@H]1COc1ccc(C)cc1C)CC1CC1. The predicted octanol–water partition coefficient (Wildman–Crippen LogP) is 4.70. The van der Waals surface area contributed by atoms with Crippen LogP contribution in [-0.2, 0) is 11.2 Å². The van der Waals surface area contributed by atoms with Crippen molar-refractivity contribution in [3.05, 3.63) is 51.2 Å². The van der Waals surface area contributed by atoms with Crippen LogP contribution in [0.5, 0.6) is 5.75 Å². The van der Waals surface area contributed by atoms with E-state index in [1.165, 1.54) is 16.0 Å². The second kappa shape index (κ2) is 10.6. The molecule has 1 aliphatic heterocycles. The highest BCUT2D eigenvalue weighted by Crippen LogP contribution is 2.35. The van der Waals surface area contributed by atoms with Gasteiger partial charge in [-0.1, -0.05) is 24.6 Å². The van der Waals surface area contributed by atoms with Crippen LogP contribution in [0, 0.1) is 19.8 Å². The summed E-state index contributed by atoms with van der Waals surface area (Å²) in [4.78, 5) is 31.2. The van der Waals surface area contributed by atoms with Gasteiger partial charge in [-0.25, -0.2) is 4.79 Å². The molecule has 2 aliphatic rings. The summed E-state index contributed by atoms with van der Waals surface area (Å²) in [5, 5.41) is 5.04. The molecule has 1 saturated carbocycles. The second-order valence-corrected chi connectivity index (χ2v) is 10.3. The van der Waals surface area contributed by atoms with E-state index in [4.69, 9.17) is 4.74 Å². The van der Waals surface area contributed by atoms with Gasteiger partial charge in [-0.05, 0) is 74.1 Å². The molecule has 0 saturated heterocycles. The fraction of sp³-hybridized carbons (Fsp3) is 0.538. The molecule has 1 N–H and O–H groups in total. The number of amides is 3. The van der Waals surface area contributed by atoms with Crippen molar-refractivity contribution in [1.29, 1.82) is 0 Å². The average molecular weight is 470 g/mol. The highest BCUT2D eigenvalue weighted by atomic mass is 32.1. The van der Waals surface area contributed by atoms with Crippen LogP contribution in [0.4, 0.5) is 4.79 Å². The van der Waals surface area contributed by atoms with E-state index < -0.39 is 0 Å². The molecular formula is C26H35N3O3S. The van der Waals surface area contributed by atoms with Gasteiger partial charge in [-0.15, -0.1) is 11.3 Å². The van der Waals surface area contributed by atoms with Gasteiger partial charge in [0, 0.05) is 24.5 Å². The van der Waals surface area contributed by atoms with Gasteiger partial charge in [0.15, 0.2) is 0 Å². The maximum atomic E-state index is 13.5. The van der Waals surface area contributed by atoms with Gasteiger partial charge in [0.25, 0.3) is 0 Å². The predicted molar refractivity (Wildman–Crippen MR) is 132 cm³/mol. The van der Waals surface area contributed by atoms with Crippen molar-refractivity contribution in [2.45, 2.75) is 52.5 Å². The Labute approximate surface area is 200 Å². The van der Waals surface area contributed by atoms with Crippen molar-refractivity contribution < 1.29 is 14.3 Å². The quantitative estimate of drug-likeness (QED) is 0.579. The zero-order valence-corrected chi connectivity index (χ0v) is 20.7. The smallest absolute Gasteiger partial charge is 0.317 e. The Morgan fingerprint density at radius 2 is 2.06 bits per heavy atom.